The summed E-state index contributed by atoms with van der Waals surface area (Å²) in [7, 11) is 0. The summed E-state index contributed by atoms with van der Waals surface area (Å²) in [5.74, 6) is -0.343. The third kappa shape index (κ3) is 3.27. The number of carbonyl (C=O) groups is 2. The second-order valence-electron chi connectivity index (χ2n) is 7.92. The van der Waals surface area contributed by atoms with Gasteiger partial charge in [-0.15, -0.1) is 0 Å². The molecular weight excluding hydrogens is 434 g/mol. The molecule has 1 N–H and O–H groups in total. The van der Waals surface area contributed by atoms with Gasteiger partial charge in [-0.3, -0.25) is 4.79 Å². The lowest BCUT2D eigenvalue weighted by atomic mass is 9.90. The van der Waals surface area contributed by atoms with Gasteiger partial charge in [-0.1, -0.05) is 48.5 Å². The zero-order chi connectivity index (χ0) is 23.0. The highest BCUT2D eigenvalue weighted by atomic mass is 32.1. The van der Waals surface area contributed by atoms with E-state index < -0.39 is 5.66 Å². The van der Waals surface area contributed by atoms with Gasteiger partial charge in [0.25, 0.3) is 5.91 Å². The first-order valence-corrected chi connectivity index (χ1v) is 11.3. The molecule has 1 atom stereocenters. The third-order valence-electron chi connectivity index (χ3n) is 6.18. The number of benzene rings is 3. The van der Waals surface area contributed by atoms with E-state index in [9.17, 15) is 9.59 Å². The molecule has 0 saturated carbocycles. The molecule has 0 aromatic heterocycles. The van der Waals surface area contributed by atoms with Crippen LogP contribution in [0.25, 0.3) is 0 Å². The van der Waals surface area contributed by atoms with E-state index in [0.29, 0.717) is 35.9 Å². The molecule has 3 aromatic rings. The van der Waals surface area contributed by atoms with Crippen LogP contribution in [0.1, 0.15) is 38.8 Å². The van der Waals surface area contributed by atoms with E-state index in [1.54, 1.807) is 31.2 Å². The van der Waals surface area contributed by atoms with E-state index in [4.69, 9.17) is 17.0 Å². The molecule has 1 unspecified atom stereocenters. The number of thiocarbonyl (C=S) groups is 1. The fourth-order valence-corrected chi connectivity index (χ4v) is 5.15. The van der Waals surface area contributed by atoms with Crippen molar-refractivity contribution in [2.45, 2.75) is 12.6 Å². The van der Waals surface area contributed by atoms with E-state index in [-0.39, 0.29) is 11.9 Å². The largest absolute Gasteiger partial charge is 0.462 e. The minimum absolute atomic E-state index is 0.0125. The molecule has 166 valence electrons. The molecule has 1 amide bonds. The smallest absolute Gasteiger partial charge is 0.338 e. The van der Waals surface area contributed by atoms with Crippen molar-refractivity contribution in [1.29, 1.82) is 0 Å². The summed E-state index contributed by atoms with van der Waals surface area (Å²) < 4.78 is 5.05. The van der Waals surface area contributed by atoms with Crippen molar-refractivity contribution in [3.05, 3.63) is 101 Å². The topological polar surface area (TPSA) is 61.9 Å². The van der Waals surface area contributed by atoms with Gasteiger partial charge in [0.15, 0.2) is 10.8 Å². The molecule has 33 heavy (non-hydrogen) atoms. The average molecular weight is 458 g/mol. The van der Waals surface area contributed by atoms with E-state index >= 15 is 0 Å². The summed E-state index contributed by atoms with van der Waals surface area (Å²) in [6.45, 7) is 3.27. The number of esters is 1. The van der Waals surface area contributed by atoms with Gasteiger partial charge in [0.2, 0.25) is 0 Å². The number of carbonyl (C=O) groups excluding carboxylic acids is 2. The van der Waals surface area contributed by atoms with Crippen LogP contribution in [0.4, 0.5) is 5.69 Å². The first kappa shape index (κ1) is 21.2. The molecule has 2 aliphatic heterocycles. The number of nitrogens with one attached hydrogen (secondary N) is 1. The number of hydrogen-bond acceptors (Lipinski definition) is 4. The van der Waals surface area contributed by atoms with Crippen molar-refractivity contribution >= 4 is 34.9 Å². The zero-order valence-electron chi connectivity index (χ0n) is 18.2. The van der Waals surface area contributed by atoms with Gasteiger partial charge in [-0.05, 0) is 49.5 Å². The fourth-order valence-electron chi connectivity index (χ4n) is 4.81. The van der Waals surface area contributed by atoms with Crippen LogP contribution in [-0.2, 0) is 10.4 Å². The first-order valence-electron chi connectivity index (χ1n) is 10.9. The van der Waals surface area contributed by atoms with Crippen LogP contribution >= 0.6 is 12.2 Å². The van der Waals surface area contributed by atoms with E-state index in [1.807, 2.05) is 59.5 Å². The Morgan fingerprint density at radius 3 is 2.42 bits per heavy atom. The maximum Gasteiger partial charge on any atom is 0.338 e. The van der Waals surface area contributed by atoms with Crippen molar-refractivity contribution in [2.24, 2.45) is 0 Å². The molecule has 0 aliphatic carbocycles. The summed E-state index contributed by atoms with van der Waals surface area (Å²) in [6.07, 6.45) is 0. The lowest BCUT2D eigenvalue weighted by molar-refractivity contribution is 0.0525. The lowest BCUT2D eigenvalue weighted by Crippen LogP contribution is -2.52. The first-order chi connectivity index (χ1) is 16.1. The van der Waals surface area contributed by atoms with Gasteiger partial charge in [-0.2, -0.15) is 0 Å². The SMILES string of the molecule is CCOC(=O)c1ccc(NC(=S)N2CCN3C(=O)c4ccccc4C32c2ccccc2)cc1. The van der Waals surface area contributed by atoms with Crippen molar-refractivity contribution in [2.75, 3.05) is 25.0 Å². The summed E-state index contributed by atoms with van der Waals surface area (Å²) in [5.41, 5.74) is 3.06. The van der Waals surface area contributed by atoms with Gasteiger partial charge in [0.05, 0.1) is 12.2 Å². The van der Waals surface area contributed by atoms with Crippen LogP contribution in [0.3, 0.4) is 0 Å². The second-order valence-corrected chi connectivity index (χ2v) is 8.31. The quantitative estimate of drug-likeness (QED) is 0.467. The predicted molar refractivity (Wildman–Crippen MR) is 130 cm³/mol. The van der Waals surface area contributed by atoms with Crippen LogP contribution < -0.4 is 5.32 Å². The Bertz CT molecular complexity index is 1230. The number of anilines is 1. The van der Waals surface area contributed by atoms with Crippen molar-refractivity contribution in [3.8, 4) is 0 Å². The van der Waals surface area contributed by atoms with Crippen molar-refractivity contribution in [1.82, 2.24) is 9.80 Å². The van der Waals surface area contributed by atoms with Crippen molar-refractivity contribution in [3.63, 3.8) is 0 Å². The Morgan fingerprint density at radius 2 is 1.70 bits per heavy atom. The van der Waals surface area contributed by atoms with Gasteiger partial charge in [-0.25, -0.2) is 4.79 Å². The number of rotatable bonds is 4. The van der Waals surface area contributed by atoms with E-state index in [1.165, 1.54) is 0 Å². The molecule has 7 heteroatoms. The van der Waals surface area contributed by atoms with Crippen LogP contribution in [0, 0.1) is 0 Å². The molecule has 1 saturated heterocycles. The maximum atomic E-state index is 13.3. The van der Waals surface area contributed by atoms with Crippen LogP contribution in [-0.4, -0.2) is 46.5 Å². The highest BCUT2D eigenvalue weighted by molar-refractivity contribution is 7.80. The van der Waals surface area contributed by atoms with Gasteiger partial charge in [0, 0.05) is 35.5 Å². The molecule has 2 aliphatic rings. The molecule has 0 spiro atoms. The molecule has 1 fully saturated rings. The molecule has 6 nitrogen and oxygen atoms in total. The zero-order valence-corrected chi connectivity index (χ0v) is 19.0. The fraction of sp³-hybridized carbons (Fsp3) is 0.192. The summed E-state index contributed by atoms with van der Waals surface area (Å²) in [5, 5.41) is 3.81. The molecule has 2 heterocycles. The Kier molecular flexibility index (Phi) is 5.34. The predicted octanol–water partition coefficient (Wildman–Crippen LogP) is 4.23. The normalized spacial score (nSPS) is 18.6. The highest BCUT2D eigenvalue weighted by Gasteiger charge is 2.58. The minimum Gasteiger partial charge on any atom is -0.462 e. The molecule has 5 rings (SSSR count). The molecule has 0 radical (unpaired) electrons. The van der Waals surface area contributed by atoms with Crippen LogP contribution in [0.15, 0.2) is 78.9 Å². The standard InChI is InChI=1S/C26H23N3O3S/c1-2-32-24(31)18-12-14-20(15-13-18)27-25(33)29-17-16-28-23(30)21-10-6-7-11-22(21)26(28,29)19-8-4-3-5-9-19/h3-15H,2,16-17H2,1H3,(H,27,33). The van der Waals surface area contributed by atoms with Gasteiger partial charge in [0.1, 0.15) is 0 Å². The number of ether oxygens (including phenoxy) is 1. The molecule has 3 aromatic carbocycles. The van der Waals surface area contributed by atoms with Crippen LogP contribution in [0.5, 0.6) is 0 Å². The third-order valence-corrected chi connectivity index (χ3v) is 6.50. The summed E-state index contributed by atoms with van der Waals surface area (Å²) in [4.78, 5) is 29.3. The maximum absolute atomic E-state index is 13.3. The Balaban J connectivity index is 1.51. The summed E-state index contributed by atoms with van der Waals surface area (Å²) >= 11 is 5.87. The van der Waals surface area contributed by atoms with E-state index in [0.717, 1.165) is 16.8 Å². The molecule has 0 bridgehead atoms. The van der Waals surface area contributed by atoms with Crippen LogP contribution in [0.2, 0.25) is 0 Å². The number of fused-ring (bicyclic) bond motifs is 3. The van der Waals surface area contributed by atoms with E-state index in [2.05, 4.69) is 10.2 Å². The Morgan fingerprint density at radius 1 is 1.00 bits per heavy atom. The number of nitrogens with zero attached hydrogens (tertiary/aromatic N) is 2. The Labute approximate surface area is 197 Å². The lowest BCUT2D eigenvalue weighted by Gasteiger charge is -2.41. The summed E-state index contributed by atoms with van der Waals surface area (Å²) in [6, 6.07) is 24.8. The number of amides is 1. The van der Waals surface area contributed by atoms with Gasteiger partial charge >= 0.3 is 5.97 Å². The monoisotopic (exact) mass is 457 g/mol. The molecular formula is C26H23N3O3S. The van der Waals surface area contributed by atoms with Gasteiger partial charge < -0.3 is 19.9 Å². The highest BCUT2D eigenvalue weighted by Crippen LogP contribution is 2.49. The number of hydrogen-bond donors (Lipinski definition) is 1. The second kappa shape index (κ2) is 8.33. The minimum atomic E-state index is -0.802. The van der Waals surface area contributed by atoms with Crippen molar-refractivity contribution < 1.29 is 14.3 Å². The average Bonchev–Trinajstić information content (AvgIpc) is 3.36. The Hall–Kier alpha value is -3.71.